The molecule has 0 saturated carbocycles. The van der Waals surface area contributed by atoms with Crippen LogP contribution in [0, 0.1) is 5.92 Å². The summed E-state index contributed by atoms with van der Waals surface area (Å²) >= 11 is 0. The molecular weight excluding hydrogens is 288 g/mol. The van der Waals surface area contributed by atoms with Gasteiger partial charge >= 0.3 is 0 Å². The molecule has 2 unspecified atom stereocenters. The monoisotopic (exact) mass is 314 g/mol. The number of amides is 1. The number of rotatable bonds is 4. The Balaban J connectivity index is 1.82. The highest BCUT2D eigenvalue weighted by Gasteiger charge is 2.28. The Hall–Kier alpha value is -1.81. The van der Waals surface area contributed by atoms with Crippen molar-refractivity contribution in [3.63, 3.8) is 0 Å². The zero-order chi connectivity index (χ0) is 16.4. The van der Waals surface area contributed by atoms with E-state index < -0.39 is 0 Å². The molecule has 23 heavy (non-hydrogen) atoms. The van der Waals surface area contributed by atoms with Crippen LogP contribution in [0.25, 0.3) is 10.9 Å². The zero-order valence-electron chi connectivity index (χ0n) is 14.0. The van der Waals surface area contributed by atoms with Gasteiger partial charge in [0.05, 0.1) is 6.42 Å². The van der Waals surface area contributed by atoms with E-state index >= 15 is 0 Å². The van der Waals surface area contributed by atoms with Crippen molar-refractivity contribution in [2.75, 3.05) is 13.2 Å². The van der Waals surface area contributed by atoms with E-state index in [9.17, 15) is 9.90 Å². The number of likely N-dealkylation sites (tertiary alicyclic amines) is 1. The van der Waals surface area contributed by atoms with Crippen LogP contribution < -0.4 is 0 Å². The van der Waals surface area contributed by atoms with Crippen molar-refractivity contribution < 1.29 is 9.90 Å². The van der Waals surface area contributed by atoms with Gasteiger partial charge in [0, 0.05) is 42.8 Å². The van der Waals surface area contributed by atoms with E-state index in [4.69, 9.17) is 0 Å². The van der Waals surface area contributed by atoms with Gasteiger partial charge in [0.2, 0.25) is 5.91 Å². The van der Waals surface area contributed by atoms with Crippen molar-refractivity contribution >= 4 is 16.8 Å². The highest BCUT2D eigenvalue weighted by atomic mass is 16.3. The molecule has 1 N–H and O–H groups in total. The van der Waals surface area contributed by atoms with E-state index in [1.807, 2.05) is 17.0 Å². The molecule has 1 aromatic carbocycles. The average molecular weight is 314 g/mol. The van der Waals surface area contributed by atoms with Crippen LogP contribution in [0.3, 0.4) is 0 Å². The number of aryl methyl sites for hydroxylation is 1. The second kappa shape index (κ2) is 6.75. The molecule has 2 atom stereocenters. The Morgan fingerprint density at radius 2 is 2.09 bits per heavy atom. The van der Waals surface area contributed by atoms with Crippen molar-refractivity contribution in [2.45, 2.75) is 45.7 Å². The third kappa shape index (κ3) is 3.13. The van der Waals surface area contributed by atoms with Crippen molar-refractivity contribution in [3.05, 3.63) is 36.0 Å². The van der Waals surface area contributed by atoms with E-state index in [-0.39, 0.29) is 24.5 Å². The molecule has 0 spiro atoms. The van der Waals surface area contributed by atoms with Gasteiger partial charge in [0.1, 0.15) is 0 Å². The third-order valence-electron chi connectivity index (χ3n) is 5.11. The standard InChI is InChI=1S/C19H26N2O2/c1-3-20-12-16(17-6-4-5-7-18(17)20)10-19(23)21-11-15(13-22)9-8-14(21)2/h4-7,12,14-15,22H,3,8-11,13H2,1-2H3. The molecule has 124 valence electrons. The number of aliphatic hydroxyl groups is 1. The SMILES string of the molecule is CCn1cc(CC(=O)N2CC(CO)CCC2C)c2ccccc21. The van der Waals surface area contributed by atoms with Crippen molar-refractivity contribution in [3.8, 4) is 0 Å². The number of piperidine rings is 1. The van der Waals surface area contributed by atoms with Crippen LogP contribution in [0.4, 0.5) is 0 Å². The Kier molecular flexibility index (Phi) is 4.71. The van der Waals surface area contributed by atoms with Crippen LogP contribution in [0.1, 0.15) is 32.3 Å². The number of para-hydroxylation sites is 1. The lowest BCUT2D eigenvalue weighted by Crippen LogP contribution is -2.46. The fraction of sp³-hybridized carbons (Fsp3) is 0.526. The maximum absolute atomic E-state index is 12.8. The highest BCUT2D eigenvalue weighted by Crippen LogP contribution is 2.25. The van der Waals surface area contributed by atoms with E-state index in [2.05, 4.69) is 36.7 Å². The van der Waals surface area contributed by atoms with Crippen LogP contribution in [-0.2, 0) is 17.8 Å². The first-order chi connectivity index (χ1) is 11.1. The lowest BCUT2D eigenvalue weighted by Gasteiger charge is -2.37. The fourth-order valence-electron chi connectivity index (χ4n) is 3.67. The minimum Gasteiger partial charge on any atom is -0.396 e. The number of benzene rings is 1. The number of hydrogen-bond donors (Lipinski definition) is 1. The minimum atomic E-state index is 0.172. The number of carbonyl (C=O) groups is 1. The van der Waals surface area contributed by atoms with Crippen LogP contribution in [0.5, 0.6) is 0 Å². The second-order valence-electron chi connectivity index (χ2n) is 6.66. The van der Waals surface area contributed by atoms with Crippen molar-refractivity contribution in [1.82, 2.24) is 9.47 Å². The van der Waals surface area contributed by atoms with E-state index in [1.54, 1.807) is 0 Å². The van der Waals surface area contributed by atoms with Crippen LogP contribution in [0.2, 0.25) is 0 Å². The molecule has 1 aliphatic heterocycles. The Labute approximate surface area is 137 Å². The maximum Gasteiger partial charge on any atom is 0.227 e. The Bertz CT molecular complexity index is 692. The van der Waals surface area contributed by atoms with Crippen molar-refractivity contribution in [2.24, 2.45) is 5.92 Å². The van der Waals surface area contributed by atoms with Gasteiger partial charge in [0.15, 0.2) is 0 Å². The lowest BCUT2D eigenvalue weighted by atomic mass is 9.93. The van der Waals surface area contributed by atoms with E-state index in [1.165, 1.54) is 10.9 Å². The fourth-order valence-corrected chi connectivity index (χ4v) is 3.67. The zero-order valence-corrected chi connectivity index (χ0v) is 14.0. The van der Waals surface area contributed by atoms with Gasteiger partial charge in [0.25, 0.3) is 0 Å². The van der Waals surface area contributed by atoms with Crippen LogP contribution >= 0.6 is 0 Å². The molecule has 0 aliphatic carbocycles. The maximum atomic E-state index is 12.8. The minimum absolute atomic E-state index is 0.172. The first kappa shape index (κ1) is 16.1. The molecule has 3 rings (SSSR count). The molecule has 1 amide bonds. The Morgan fingerprint density at radius 3 is 2.83 bits per heavy atom. The largest absolute Gasteiger partial charge is 0.396 e. The van der Waals surface area contributed by atoms with Gasteiger partial charge in [-0.1, -0.05) is 18.2 Å². The summed E-state index contributed by atoms with van der Waals surface area (Å²) in [5, 5.41) is 10.6. The molecule has 0 bridgehead atoms. The third-order valence-corrected chi connectivity index (χ3v) is 5.11. The number of hydrogen-bond acceptors (Lipinski definition) is 2. The summed E-state index contributed by atoms with van der Waals surface area (Å²) in [7, 11) is 0. The average Bonchev–Trinajstić information content (AvgIpc) is 2.93. The quantitative estimate of drug-likeness (QED) is 0.943. The molecule has 2 heterocycles. The normalized spacial score (nSPS) is 21.8. The van der Waals surface area contributed by atoms with E-state index in [0.717, 1.165) is 24.9 Å². The van der Waals surface area contributed by atoms with Gasteiger partial charge in [-0.3, -0.25) is 4.79 Å². The summed E-state index contributed by atoms with van der Waals surface area (Å²) in [5.41, 5.74) is 2.29. The van der Waals surface area contributed by atoms with Gasteiger partial charge in [-0.2, -0.15) is 0 Å². The molecule has 4 heteroatoms. The summed E-state index contributed by atoms with van der Waals surface area (Å²) in [6, 6.07) is 8.54. The first-order valence-corrected chi connectivity index (χ1v) is 8.61. The molecule has 4 nitrogen and oxygen atoms in total. The highest BCUT2D eigenvalue weighted by molar-refractivity contribution is 5.89. The molecular formula is C19H26N2O2. The van der Waals surface area contributed by atoms with Gasteiger partial charge < -0.3 is 14.6 Å². The number of nitrogens with zero attached hydrogens (tertiary/aromatic N) is 2. The second-order valence-corrected chi connectivity index (χ2v) is 6.66. The summed E-state index contributed by atoms with van der Waals surface area (Å²) in [6.45, 7) is 5.99. The summed E-state index contributed by atoms with van der Waals surface area (Å²) in [6.07, 6.45) is 4.54. The molecule has 1 saturated heterocycles. The first-order valence-electron chi connectivity index (χ1n) is 8.61. The predicted molar refractivity (Wildman–Crippen MR) is 92.3 cm³/mol. The smallest absolute Gasteiger partial charge is 0.227 e. The molecule has 1 aromatic heterocycles. The van der Waals surface area contributed by atoms with Gasteiger partial charge in [-0.25, -0.2) is 0 Å². The van der Waals surface area contributed by atoms with E-state index in [0.29, 0.717) is 13.0 Å². The summed E-state index contributed by atoms with van der Waals surface area (Å²) < 4.78 is 2.20. The summed E-state index contributed by atoms with van der Waals surface area (Å²) in [4.78, 5) is 14.8. The molecule has 0 radical (unpaired) electrons. The van der Waals surface area contributed by atoms with Crippen LogP contribution in [-0.4, -0.2) is 39.7 Å². The summed E-state index contributed by atoms with van der Waals surface area (Å²) in [5.74, 6) is 0.404. The topological polar surface area (TPSA) is 45.5 Å². The number of carbonyl (C=O) groups excluding carboxylic acids is 1. The Morgan fingerprint density at radius 1 is 1.30 bits per heavy atom. The number of fused-ring (bicyclic) bond motifs is 1. The van der Waals surface area contributed by atoms with Gasteiger partial charge in [-0.05, 0) is 44.2 Å². The molecule has 2 aromatic rings. The van der Waals surface area contributed by atoms with Crippen LogP contribution in [0.15, 0.2) is 30.5 Å². The van der Waals surface area contributed by atoms with Gasteiger partial charge in [-0.15, -0.1) is 0 Å². The predicted octanol–water partition coefficient (Wildman–Crippen LogP) is 2.82. The number of aromatic nitrogens is 1. The molecule has 1 aliphatic rings. The molecule has 1 fully saturated rings. The van der Waals surface area contributed by atoms with Crippen molar-refractivity contribution in [1.29, 1.82) is 0 Å². The number of aliphatic hydroxyl groups excluding tert-OH is 1. The lowest BCUT2D eigenvalue weighted by molar-refractivity contribution is -0.135.